The quantitative estimate of drug-likeness (QED) is 0.687. The first-order chi connectivity index (χ1) is 6.31. The molecule has 2 heteroatoms. The molecular weight excluding hydrogens is 160 g/mol. The van der Waals surface area contributed by atoms with E-state index in [1.54, 1.807) is 0 Å². The summed E-state index contributed by atoms with van der Waals surface area (Å²) in [5, 5.41) is 3.36. The summed E-state index contributed by atoms with van der Waals surface area (Å²) >= 11 is 0. The van der Waals surface area contributed by atoms with Crippen LogP contribution < -0.4 is 11.1 Å². The molecule has 0 bridgehead atoms. The van der Waals surface area contributed by atoms with Crippen LogP contribution in [0.3, 0.4) is 0 Å². The smallest absolute Gasteiger partial charge is 0.0388 e. The average molecular weight is 176 g/mol. The molecule has 1 atom stereocenters. The molecule has 1 unspecified atom stereocenters. The molecule has 1 aromatic carbocycles. The molecule has 0 saturated carbocycles. The number of nitrogens with one attached hydrogen (secondary N) is 1. The third-order valence-electron chi connectivity index (χ3n) is 2.69. The Kier molecular flexibility index (Phi) is 2.23. The topological polar surface area (TPSA) is 38.0 Å². The highest BCUT2D eigenvalue weighted by Gasteiger charge is 2.15. The first kappa shape index (κ1) is 8.57. The third kappa shape index (κ3) is 1.54. The van der Waals surface area contributed by atoms with Crippen LogP contribution in [0.1, 0.15) is 30.5 Å². The lowest BCUT2D eigenvalue weighted by atomic mass is 9.96. The lowest BCUT2D eigenvalue weighted by Crippen LogP contribution is -2.22. The first-order valence-corrected chi connectivity index (χ1v) is 4.93. The van der Waals surface area contributed by atoms with Crippen molar-refractivity contribution >= 4 is 5.69 Å². The zero-order valence-corrected chi connectivity index (χ0v) is 8.01. The molecule has 2 rings (SSSR count). The van der Waals surface area contributed by atoms with Crippen molar-refractivity contribution in [2.75, 3.05) is 11.9 Å². The molecule has 3 N–H and O–H groups in total. The molecule has 0 spiro atoms. The lowest BCUT2D eigenvalue weighted by Gasteiger charge is -2.24. The fraction of sp³-hybridized carbons (Fsp3) is 0.455. The van der Waals surface area contributed by atoms with Crippen molar-refractivity contribution in [3.05, 3.63) is 29.3 Å². The highest BCUT2D eigenvalue weighted by molar-refractivity contribution is 5.55. The van der Waals surface area contributed by atoms with Crippen LogP contribution in [0.25, 0.3) is 0 Å². The minimum absolute atomic E-state index is 0.225. The van der Waals surface area contributed by atoms with E-state index in [-0.39, 0.29) is 6.04 Å². The molecule has 0 radical (unpaired) electrons. The van der Waals surface area contributed by atoms with Gasteiger partial charge in [-0.3, -0.25) is 0 Å². The number of nitrogens with two attached hydrogens (primary N) is 1. The molecule has 0 fully saturated rings. The summed E-state index contributed by atoms with van der Waals surface area (Å²) in [6, 6.07) is 6.77. The number of rotatable bonds is 1. The van der Waals surface area contributed by atoms with Crippen LogP contribution in [-0.2, 0) is 6.42 Å². The van der Waals surface area contributed by atoms with Crippen LogP contribution >= 0.6 is 0 Å². The Morgan fingerprint density at radius 3 is 3.15 bits per heavy atom. The van der Waals surface area contributed by atoms with Gasteiger partial charge in [-0.15, -0.1) is 0 Å². The van der Waals surface area contributed by atoms with Gasteiger partial charge in [-0.1, -0.05) is 19.1 Å². The molecule has 1 aliphatic rings. The van der Waals surface area contributed by atoms with Crippen molar-refractivity contribution < 1.29 is 0 Å². The van der Waals surface area contributed by atoms with Gasteiger partial charge < -0.3 is 11.1 Å². The van der Waals surface area contributed by atoms with E-state index in [9.17, 15) is 0 Å². The number of aryl methyl sites for hydroxylation is 1. The predicted octanol–water partition coefficient (Wildman–Crippen LogP) is 2.06. The number of benzene rings is 1. The fourth-order valence-corrected chi connectivity index (χ4v) is 1.82. The molecule has 70 valence electrons. The monoisotopic (exact) mass is 176 g/mol. The van der Waals surface area contributed by atoms with Gasteiger partial charge in [0.25, 0.3) is 0 Å². The summed E-state index contributed by atoms with van der Waals surface area (Å²) in [4.78, 5) is 0. The molecule has 2 nitrogen and oxygen atoms in total. The van der Waals surface area contributed by atoms with Gasteiger partial charge in [0.1, 0.15) is 0 Å². The van der Waals surface area contributed by atoms with Gasteiger partial charge >= 0.3 is 0 Å². The first-order valence-electron chi connectivity index (χ1n) is 4.93. The molecule has 0 aromatic heterocycles. The maximum atomic E-state index is 6.03. The van der Waals surface area contributed by atoms with Crippen LogP contribution in [-0.4, -0.2) is 6.54 Å². The van der Waals surface area contributed by atoms with Crippen molar-refractivity contribution in [1.29, 1.82) is 0 Å². The summed E-state index contributed by atoms with van der Waals surface area (Å²) in [6.45, 7) is 3.17. The molecule has 0 amide bonds. The Balaban J connectivity index is 2.41. The lowest BCUT2D eigenvalue weighted by molar-refractivity contribution is 0.654. The van der Waals surface area contributed by atoms with Crippen molar-refractivity contribution in [2.24, 2.45) is 5.73 Å². The molecule has 1 aliphatic heterocycles. The van der Waals surface area contributed by atoms with Crippen molar-refractivity contribution in [2.45, 2.75) is 25.8 Å². The van der Waals surface area contributed by atoms with Crippen LogP contribution in [0.4, 0.5) is 5.69 Å². The fourth-order valence-electron chi connectivity index (χ4n) is 1.82. The number of anilines is 1. The highest BCUT2D eigenvalue weighted by atomic mass is 14.9. The molecule has 1 heterocycles. The Morgan fingerprint density at radius 1 is 1.54 bits per heavy atom. The van der Waals surface area contributed by atoms with E-state index in [2.05, 4.69) is 30.4 Å². The van der Waals surface area contributed by atoms with E-state index in [1.807, 2.05) is 0 Å². The van der Waals surface area contributed by atoms with E-state index in [0.29, 0.717) is 0 Å². The minimum Gasteiger partial charge on any atom is -0.385 e. The Bertz CT molecular complexity index is 307. The number of fused-ring (bicyclic) bond motifs is 1. The normalized spacial score (nSPS) is 20.6. The molecule has 0 saturated heterocycles. The van der Waals surface area contributed by atoms with E-state index in [1.165, 1.54) is 16.8 Å². The highest BCUT2D eigenvalue weighted by Crippen LogP contribution is 2.28. The Labute approximate surface area is 79.1 Å². The second kappa shape index (κ2) is 3.38. The summed E-state index contributed by atoms with van der Waals surface area (Å²) in [6.07, 6.45) is 2.13. The van der Waals surface area contributed by atoms with Crippen LogP contribution in [0.15, 0.2) is 18.2 Å². The summed E-state index contributed by atoms with van der Waals surface area (Å²) in [7, 11) is 0. The summed E-state index contributed by atoms with van der Waals surface area (Å²) in [5.74, 6) is 0. The summed E-state index contributed by atoms with van der Waals surface area (Å²) < 4.78 is 0. The van der Waals surface area contributed by atoms with Crippen LogP contribution in [0, 0.1) is 0 Å². The van der Waals surface area contributed by atoms with Crippen LogP contribution in [0.2, 0.25) is 0 Å². The van der Waals surface area contributed by atoms with Gasteiger partial charge in [-0.2, -0.15) is 0 Å². The van der Waals surface area contributed by atoms with Gasteiger partial charge in [-0.25, -0.2) is 0 Å². The molecule has 0 aliphatic carbocycles. The standard InChI is InChI=1S/C11H16N2/c1-2-8-3-4-11-9(7-8)10(12)5-6-13-11/h3-4,7,10,13H,2,5-6,12H2,1H3. The molecule has 13 heavy (non-hydrogen) atoms. The maximum absolute atomic E-state index is 6.03. The van der Waals surface area contributed by atoms with E-state index in [4.69, 9.17) is 5.73 Å². The van der Waals surface area contributed by atoms with Gasteiger partial charge in [0.2, 0.25) is 0 Å². The van der Waals surface area contributed by atoms with Gasteiger partial charge in [0.05, 0.1) is 0 Å². The molecule has 1 aromatic rings. The predicted molar refractivity (Wildman–Crippen MR) is 55.9 cm³/mol. The second-order valence-electron chi connectivity index (χ2n) is 3.60. The van der Waals surface area contributed by atoms with E-state index < -0.39 is 0 Å². The SMILES string of the molecule is CCc1ccc2c(c1)C(N)CCN2. The maximum Gasteiger partial charge on any atom is 0.0388 e. The molecular formula is C11H16N2. The number of hydrogen-bond donors (Lipinski definition) is 2. The minimum atomic E-state index is 0.225. The van der Waals surface area contributed by atoms with Crippen LogP contribution in [0.5, 0.6) is 0 Å². The van der Waals surface area contributed by atoms with Gasteiger partial charge in [0, 0.05) is 18.3 Å². The van der Waals surface area contributed by atoms with E-state index in [0.717, 1.165) is 19.4 Å². The van der Waals surface area contributed by atoms with Crippen molar-refractivity contribution in [3.63, 3.8) is 0 Å². The van der Waals surface area contributed by atoms with Crippen molar-refractivity contribution in [1.82, 2.24) is 0 Å². The zero-order chi connectivity index (χ0) is 9.26. The van der Waals surface area contributed by atoms with Gasteiger partial charge in [-0.05, 0) is 30.0 Å². The largest absolute Gasteiger partial charge is 0.385 e. The Morgan fingerprint density at radius 2 is 2.38 bits per heavy atom. The number of hydrogen-bond acceptors (Lipinski definition) is 2. The second-order valence-corrected chi connectivity index (χ2v) is 3.60. The Hall–Kier alpha value is -1.02. The van der Waals surface area contributed by atoms with E-state index >= 15 is 0 Å². The van der Waals surface area contributed by atoms with Crippen molar-refractivity contribution in [3.8, 4) is 0 Å². The summed E-state index contributed by atoms with van der Waals surface area (Å²) in [5.41, 5.74) is 9.90. The van der Waals surface area contributed by atoms with Gasteiger partial charge in [0.15, 0.2) is 0 Å². The average Bonchev–Trinajstić information content (AvgIpc) is 2.18. The zero-order valence-electron chi connectivity index (χ0n) is 8.01. The third-order valence-corrected chi connectivity index (χ3v) is 2.69.